The van der Waals surface area contributed by atoms with Crippen molar-refractivity contribution in [3.05, 3.63) is 42.2 Å². The second kappa shape index (κ2) is 8.14. The van der Waals surface area contributed by atoms with Crippen molar-refractivity contribution >= 4 is 23.2 Å². The number of morpholine rings is 1. The molecule has 1 amide bonds. The number of anilines is 3. The Hall–Kier alpha value is -2.67. The molecule has 3 heterocycles. The molecule has 1 aliphatic rings. The average molecular weight is 355 g/mol. The third-order valence-electron chi connectivity index (χ3n) is 4.13. The Labute approximate surface area is 153 Å². The zero-order valence-electron chi connectivity index (χ0n) is 15.4. The number of amides is 1. The van der Waals surface area contributed by atoms with Crippen molar-refractivity contribution in [3.63, 3.8) is 0 Å². The largest absolute Gasteiger partial charge is 0.372 e. The molecule has 2 aromatic heterocycles. The van der Waals surface area contributed by atoms with Crippen LogP contribution in [0.15, 0.2) is 36.7 Å². The van der Waals surface area contributed by atoms with Crippen LogP contribution in [0.1, 0.15) is 31.1 Å². The van der Waals surface area contributed by atoms with Crippen molar-refractivity contribution in [1.82, 2.24) is 9.97 Å². The predicted molar refractivity (Wildman–Crippen MR) is 103 cm³/mol. The number of hydrogen-bond donors (Lipinski definition) is 2. The van der Waals surface area contributed by atoms with Crippen molar-refractivity contribution in [1.29, 1.82) is 0 Å². The predicted octanol–water partition coefficient (Wildman–Crippen LogP) is 2.77. The zero-order chi connectivity index (χ0) is 18.5. The third kappa shape index (κ3) is 4.49. The Morgan fingerprint density at radius 3 is 2.50 bits per heavy atom. The molecule has 0 spiro atoms. The smallest absolute Gasteiger partial charge is 0.257 e. The van der Waals surface area contributed by atoms with Gasteiger partial charge < -0.3 is 20.3 Å². The molecule has 3 rings (SSSR count). The van der Waals surface area contributed by atoms with Crippen molar-refractivity contribution in [2.75, 3.05) is 35.2 Å². The Morgan fingerprint density at radius 2 is 1.92 bits per heavy atom. The quantitative estimate of drug-likeness (QED) is 0.859. The molecule has 2 atom stereocenters. The molecule has 2 N–H and O–H groups in total. The normalized spacial score (nSPS) is 19.9. The van der Waals surface area contributed by atoms with Gasteiger partial charge in [0.2, 0.25) is 0 Å². The van der Waals surface area contributed by atoms with Crippen molar-refractivity contribution < 1.29 is 9.53 Å². The van der Waals surface area contributed by atoms with E-state index < -0.39 is 0 Å². The van der Waals surface area contributed by atoms with Crippen LogP contribution in [-0.4, -0.2) is 47.7 Å². The fourth-order valence-electron chi connectivity index (χ4n) is 3.03. The van der Waals surface area contributed by atoms with Gasteiger partial charge in [0.05, 0.1) is 29.7 Å². The Kier molecular flexibility index (Phi) is 5.68. The summed E-state index contributed by atoms with van der Waals surface area (Å²) in [5, 5.41) is 5.95. The van der Waals surface area contributed by atoms with Gasteiger partial charge >= 0.3 is 0 Å². The van der Waals surface area contributed by atoms with Gasteiger partial charge in [-0.05, 0) is 45.0 Å². The second-order valence-electron chi connectivity index (χ2n) is 6.48. The van der Waals surface area contributed by atoms with Crippen LogP contribution in [-0.2, 0) is 4.74 Å². The summed E-state index contributed by atoms with van der Waals surface area (Å²) < 4.78 is 5.75. The van der Waals surface area contributed by atoms with E-state index >= 15 is 0 Å². The van der Waals surface area contributed by atoms with E-state index in [-0.39, 0.29) is 18.1 Å². The van der Waals surface area contributed by atoms with E-state index in [0.717, 1.165) is 31.3 Å². The Bertz CT molecular complexity index is 723. The molecular formula is C19H25N5O2. The lowest BCUT2D eigenvalue weighted by molar-refractivity contribution is -0.00546. The highest BCUT2D eigenvalue weighted by Gasteiger charge is 2.23. The number of ether oxygens (including phenoxy) is 1. The van der Waals surface area contributed by atoms with Gasteiger partial charge in [-0.2, -0.15) is 0 Å². The summed E-state index contributed by atoms with van der Waals surface area (Å²) in [6, 6.07) is 7.33. The van der Waals surface area contributed by atoms with Crippen LogP contribution in [0.5, 0.6) is 0 Å². The van der Waals surface area contributed by atoms with Gasteiger partial charge in [-0.1, -0.05) is 0 Å². The van der Waals surface area contributed by atoms with Gasteiger partial charge in [-0.3, -0.25) is 4.79 Å². The highest BCUT2D eigenvalue weighted by molar-refractivity contribution is 6.04. The maximum absolute atomic E-state index is 12.4. The highest BCUT2D eigenvalue weighted by Crippen LogP contribution is 2.19. The van der Waals surface area contributed by atoms with Crippen LogP contribution < -0.4 is 15.5 Å². The number of hydrogen-bond acceptors (Lipinski definition) is 6. The first-order valence-corrected chi connectivity index (χ1v) is 8.93. The minimum Gasteiger partial charge on any atom is -0.372 e. The molecule has 2 aromatic rings. The highest BCUT2D eigenvalue weighted by atomic mass is 16.5. The van der Waals surface area contributed by atoms with Gasteiger partial charge in [0.25, 0.3) is 5.91 Å². The minimum atomic E-state index is -0.203. The number of pyridine rings is 2. The first kappa shape index (κ1) is 18.1. The van der Waals surface area contributed by atoms with E-state index in [0.29, 0.717) is 11.3 Å². The van der Waals surface area contributed by atoms with Crippen LogP contribution in [0.4, 0.5) is 17.3 Å². The van der Waals surface area contributed by atoms with Crippen LogP contribution in [0, 0.1) is 0 Å². The lowest BCUT2D eigenvalue weighted by Crippen LogP contribution is -2.45. The monoisotopic (exact) mass is 355 g/mol. The number of rotatable bonds is 5. The first-order chi connectivity index (χ1) is 12.5. The number of aromatic nitrogens is 2. The van der Waals surface area contributed by atoms with Crippen LogP contribution in [0.2, 0.25) is 0 Å². The lowest BCUT2D eigenvalue weighted by Gasteiger charge is -2.36. The molecule has 7 nitrogen and oxygen atoms in total. The van der Waals surface area contributed by atoms with E-state index in [9.17, 15) is 4.79 Å². The van der Waals surface area contributed by atoms with Crippen LogP contribution in [0.3, 0.4) is 0 Å². The van der Waals surface area contributed by atoms with E-state index in [1.54, 1.807) is 18.5 Å². The number of carbonyl (C=O) groups is 1. The molecule has 1 fully saturated rings. The fraction of sp³-hybridized carbons (Fsp3) is 0.421. The Balaban J connectivity index is 1.63. The SMILES string of the molecule is CCNc1ccc(NC(=O)c2ccc(N3CC(C)OC(C)C3)nc2)cn1. The minimum absolute atomic E-state index is 0.168. The molecule has 1 aliphatic heterocycles. The van der Waals surface area contributed by atoms with Crippen LogP contribution in [0.25, 0.3) is 0 Å². The van der Waals surface area contributed by atoms with Crippen molar-refractivity contribution in [2.24, 2.45) is 0 Å². The number of nitrogens with one attached hydrogen (secondary N) is 2. The summed E-state index contributed by atoms with van der Waals surface area (Å²) in [4.78, 5) is 23.3. The fourth-order valence-corrected chi connectivity index (χ4v) is 3.03. The van der Waals surface area contributed by atoms with Gasteiger partial charge in [-0.25, -0.2) is 9.97 Å². The van der Waals surface area contributed by atoms with Crippen LogP contribution >= 0.6 is 0 Å². The van der Waals surface area contributed by atoms with E-state index in [1.165, 1.54) is 0 Å². The summed E-state index contributed by atoms with van der Waals surface area (Å²) in [7, 11) is 0. The zero-order valence-corrected chi connectivity index (χ0v) is 15.4. The first-order valence-electron chi connectivity index (χ1n) is 8.93. The summed E-state index contributed by atoms with van der Waals surface area (Å²) in [5.74, 6) is 1.44. The van der Waals surface area contributed by atoms with Gasteiger partial charge in [0, 0.05) is 25.8 Å². The molecule has 0 aliphatic carbocycles. The lowest BCUT2D eigenvalue weighted by atomic mass is 10.2. The molecule has 0 aromatic carbocycles. The molecular weight excluding hydrogens is 330 g/mol. The van der Waals surface area contributed by atoms with E-state index in [2.05, 4.69) is 39.3 Å². The topological polar surface area (TPSA) is 79.4 Å². The standard InChI is InChI=1S/C19H25N5O2/c1-4-20-17-7-6-16(10-21-17)23-19(25)15-5-8-18(22-9-15)24-11-13(2)26-14(3)12-24/h5-10,13-14H,4,11-12H2,1-3H3,(H,20,21)(H,23,25). The molecule has 7 heteroatoms. The van der Waals surface area contributed by atoms with E-state index in [1.807, 2.05) is 25.1 Å². The molecule has 26 heavy (non-hydrogen) atoms. The summed E-state index contributed by atoms with van der Waals surface area (Å²) in [6.07, 6.45) is 3.58. The number of nitrogens with zero attached hydrogens (tertiary/aromatic N) is 3. The maximum atomic E-state index is 12.4. The molecule has 0 saturated carbocycles. The Morgan fingerprint density at radius 1 is 1.15 bits per heavy atom. The van der Waals surface area contributed by atoms with Gasteiger partial charge in [-0.15, -0.1) is 0 Å². The summed E-state index contributed by atoms with van der Waals surface area (Å²) in [5.41, 5.74) is 1.16. The summed E-state index contributed by atoms with van der Waals surface area (Å²) in [6.45, 7) is 8.52. The third-order valence-corrected chi connectivity index (χ3v) is 4.13. The van der Waals surface area contributed by atoms with Crippen molar-refractivity contribution in [2.45, 2.75) is 33.0 Å². The second-order valence-corrected chi connectivity index (χ2v) is 6.48. The summed E-state index contributed by atoms with van der Waals surface area (Å²) >= 11 is 0. The molecule has 0 bridgehead atoms. The van der Waals surface area contributed by atoms with Crippen molar-refractivity contribution in [3.8, 4) is 0 Å². The van der Waals surface area contributed by atoms with E-state index in [4.69, 9.17) is 4.74 Å². The molecule has 138 valence electrons. The maximum Gasteiger partial charge on any atom is 0.257 e. The van der Waals surface area contributed by atoms with Gasteiger partial charge in [0.15, 0.2) is 0 Å². The number of carbonyl (C=O) groups excluding carboxylic acids is 1. The van der Waals surface area contributed by atoms with Gasteiger partial charge in [0.1, 0.15) is 11.6 Å². The molecule has 0 radical (unpaired) electrons. The average Bonchev–Trinajstić information content (AvgIpc) is 2.63. The molecule has 2 unspecified atom stereocenters. The molecule has 1 saturated heterocycles.